The molecule has 0 bridgehead atoms. The number of para-hydroxylation sites is 3. The first-order valence-corrected chi connectivity index (χ1v) is 10.3. The lowest BCUT2D eigenvalue weighted by Gasteiger charge is -2.30. The molecule has 28 heavy (non-hydrogen) atoms. The van der Waals surface area contributed by atoms with Crippen LogP contribution in [0.5, 0.6) is 0 Å². The average molecular weight is 392 g/mol. The summed E-state index contributed by atoms with van der Waals surface area (Å²) in [5, 5.41) is 4.00. The van der Waals surface area contributed by atoms with Gasteiger partial charge in [0.2, 0.25) is 5.91 Å². The number of fused-ring (bicyclic) bond motifs is 2. The quantitative estimate of drug-likeness (QED) is 0.569. The van der Waals surface area contributed by atoms with Crippen molar-refractivity contribution in [3.05, 3.63) is 53.5 Å². The van der Waals surface area contributed by atoms with E-state index in [0.717, 1.165) is 52.3 Å². The topological polar surface area (TPSA) is 71.3 Å². The van der Waals surface area contributed by atoms with Crippen LogP contribution in [0.2, 0.25) is 0 Å². The van der Waals surface area contributed by atoms with Gasteiger partial charge < -0.3 is 14.6 Å². The van der Waals surface area contributed by atoms with E-state index in [-0.39, 0.29) is 11.8 Å². The summed E-state index contributed by atoms with van der Waals surface area (Å²) < 4.78 is 7.00. The largest absolute Gasteiger partial charge is 0.423 e. The molecule has 3 heterocycles. The van der Waals surface area contributed by atoms with E-state index in [4.69, 9.17) is 4.42 Å². The molecule has 2 aromatic heterocycles. The van der Waals surface area contributed by atoms with Gasteiger partial charge in [-0.05, 0) is 37.1 Å². The molecule has 4 aromatic rings. The lowest BCUT2D eigenvalue weighted by Crippen LogP contribution is -2.40. The second-order valence-electron chi connectivity index (χ2n) is 7.02. The van der Waals surface area contributed by atoms with Gasteiger partial charge in [0.1, 0.15) is 10.5 Å². The van der Waals surface area contributed by atoms with Gasteiger partial charge in [-0.25, -0.2) is 4.98 Å². The van der Waals surface area contributed by atoms with E-state index >= 15 is 0 Å². The van der Waals surface area contributed by atoms with Gasteiger partial charge >= 0.3 is 0 Å². The third-order valence-corrected chi connectivity index (χ3v) is 6.21. The van der Waals surface area contributed by atoms with Crippen molar-refractivity contribution in [2.75, 3.05) is 18.0 Å². The Bertz CT molecular complexity index is 1060. The highest BCUT2D eigenvalue weighted by atomic mass is 32.1. The highest BCUT2D eigenvalue weighted by Gasteiger charge is 2.27. The maximum atomic E-state index is 12.6. The van der Waals surface area contributed by atoms with Crippen molar-refractivity contribution in [3.63, 3.8) is 0 Å². The van der Waals surface area contributed by atoms with Gasteiger partial charge in [0.25, 0.3) is 6.01 Å². The lowest BCUT2D eigenvalue weighted by atomic mass is 9.96. The Hall–Kier alpha value is -2.93. The number of nitrogens with one attached hydrogen (secondary N) is 1. The summed E-state index contributed by atoms with van der Waals surface area (Å²) in [5.74, 6) is 0.131. The first-order chi connectivity index (χ1) is 13.8. The number of hydrogen-bond acceptors (Lipinski definition) is 6. The van der Waals surface area contributed by atoms with E-state index < -0.39 is 0 Å². The summed E-state index contributed by atoms with van der Waals surface area (Å²) in [7, 11) is 0. The van der Waals surface area contributed by atoms with Crippen LogP contribution in [0.3, 0.4) is 0 Å². The van der Waals surface area contributed by atoms with Gasteiger partial charge in [-0.2, -0.15) is 4.98 Å². The second-order valence-corrected chi connectivity index (χ2v) is 8.13. The van der Waals surface area contributed by atoms with Crippen LogP contribution in [0.15, 0.2) is 52.9 Å². The molecule has 0 unspecified atom stereocenters. The smallest absolute Gasteiger partial charge is 0.298 e. The Morgan fingerprint density at radius 3 is 2.61 bits per heavy atom. The van der Waals surface area contributed by atoms with Gasteiger partial charge in [-0.1, -0.05) is 24.3 Å². The zero-order valence-corrected chi connectivity index (χ0v) is 16.1. The van der Waals surface area contributed by atoms with Crippen LogP contribution in [0.25, 0.3) is 21.3 Å². The van der Waals surface area contributed by atoms with E-state index in [1.807, 2.05) is 42.5 Å². The summed E-state index contributed by atoms with van der Waals surface area (Å²) >= 11 is 1.63. The molecule has 5 rings (SSSR count). The number of piperidine rings is 1. The Labute approximate surface area is 166 Å². The molecular formula is C21H20N4O2S. The summed E-state index contributed by atoms with van der Waals surface area (Å²) in [6, 6.07) is 16.5. The number of oxazole rings is 1. The fourth-order valence-electron chi connectivity index (χ4n) is 3.63. The van der Waals surface area contributed by atoms with Crippen LogP contribution >= 0.6 is 11.3 Å². The van der Waals surface area contributed by atoms with Gasteiger partial charge in [-0.3, -0.25) is 4.79 Å². The van der Waals surface area contributed by atoms with E-state index in [2.05, 4.69) is 26.3 Å². The number of thiazole rings is 1. The van der Waals surface area contributed by atoms with E-state index in [0.29, 0.717) is 12.6 Å². The lowest BCUT2D eigenvalue weighted by molar-refractivity contribution is -0.125. The maximum absolute atomic E-state index is 12.6. The fourth-order valence-corrected chi connectivity index (χ4v) is 4.54. The molecule has 6 nitrogen and oxygen atoms in total. The van der Waals surface area contributed by atoms with Crippen molar-refractivity contribution in [1.82, 2.24) is 15.3 Å². The molecule has 0 spiro atoms. The average Bonchev–Trinajstić information content (AvgIpc) is 3.35. The molecule has 0 radical (unpaired) electrons. The van der Waals surface area contributed by atoms with Crippen LogP contribution in [-0.2, 0) is 11.3 Å². The number of anilines is 1. The molecule has 1 N–H and O–H groups in total. The highest BCUT2D eigenvalue weighted by molar-refractivity contribution is 7.18. The molecule has 1 saturated heterocycles. The SMILES string of the molecule is O=C(NCc1nc2ccccc2s1)C1CCN(c2nc3ccccc3o2)CC1. The van der Waals surface area contributed by atoms with Crippen LogP contribution in [0, 0.1) is 5.92 Å². The summed E-state index contributed by atoms with van der Waals surface area (Å²) in [6.45, 7) is 2.03. The standard InChI is InChI=1S/C21H20N4O2S/c26-20(22-13-19-23-16-6-2-4-8-18(16)28-19)14-9-11-25(12-10-14)21-24-15-5-1-3-7-17(15)27-21/h1-8,14H,9-13H2,(H,22,26). The fraction of sp³-hybridized carbons (Fsp3) is 0.286. The molecule has 7 heteroatoms. The zero-order chi connectivity index (χ0) is 18.9. The molecule has 0 saturated carbocycles. The highest BCUT2D eigenvalue weighted by Crippen LogP contribution is 2.27. The van der Waals surface area contributed by atoms with Crippen LogP contribution in [0.1, 0.15) is 17.8 Å². The third-order valence-electron chi connectivity index (χ3n) is 5.17. The number of amides is 1. The van der Waals surface area contributed by atoms with Crippen molar-refractivity contribution in [1.29, 1.82) is 0 Å². The Balaban J connectivity index is 1.17. The first-order valence-electron chi connectivity index (χ1n) is 9.49. The number of hydrogen-bond donors (Lipinski definition) is 1. The van der Waals surface area contributed by atoms with Crippen molar-refractivity contribution >= 4 is 44.6 Å². The molecule has 2 aromatic carbocycles. The molecule has 142 valence electrons. The molecule has 0 aliphatic carbocycles. The van der Waals surface area contributed by atoms with Crippen molar-refractivity contribution in [3.8, 4) is 0 Å². The Kier molecular flexibility index (Phi) is 4.44. The number of benzene rings is 2. The molecule has 1 amide bonds. The van der Waals surface area contributed by atoms with Gasteiger partial charge in [0, 0.05) is 19.0 Å². The summed E-state index contributed by atoms with van der Waals surface area (Å²) in [4.78, 5) is 23.8. The summed E-state index contributed by atoms with van der Waals surface area (Å²) in [6.07, 6.45) is 1.59. The minimum absolute atomic E-state index is 0.0232. The van der Waals surface area contributed by atoms with Crippen LogP contribution in [-0.4, -0.2) is 29.0 Å². The Morgan fingerprint density at radius 1 is 1.07 bits per heavy atom. The monoisotopic (exact) mass is 392 g/mol. The van der Waals surface area contributed by atoms with Crippen LogP contribution in [0.4, 0.5) is 6.01 Å². The maximum Gasteiger partial charge on any atom is 0.298 e. The predicted octanol–water partition coefficient (Wildman–Crippen LogP) is 3.97. The van der Waals surface area contributed by atoms with Crippen molar-refractivity contribution in [2.45, 2.75) is 19.4 Å². The molecule has 1 aliphatic rings. The van der Waals surface area contributed by atoms with Crippen LogP contribution < -0.4 is 10.2 Å². The normalized spacial score (nSPS) is 15.4. The van der Waals surface area contributed by atoms with E-state index in [1.54, 1.807) is 11.3 Å². The van der Waals surface area contributed by atoms with Gasteiger partial charge in [-0.15, -0.1) is 11.3 Å². The zero-order valence-electron chi connectivity index (χ0n) is 15.3. The minimum atomic E-state index is 0.0232. The number of carbonyl (C=O) groups is 1. The molecular weight excluding hydrogens is 372 g/mol. The number of rotatable bonds is 4. The predicted molar refractivity (Wildman–Crippen MR) is 110 cm³/mol. The molecule has 1 fully saturated rings. The first kappa shape index (κ1) is 17.2. The van der Waals surface area contributed by atoms with E-state index in [1.165, 1.54) is 0 Å². The summed E-state index contributed by atoms with van der Waals surface area (Å²) in [5.41, 5.74) is 2.66. The van der Waals surface area contributed by atoms with Gasteiger partial charge in [0.05, 0.1) is 16.8 Å². The van der Waals surface area contributed by atoms with E-state index in [9.17, 15) is 4.79 Å². The third kappa shape index (κ3) is 3.33. The number of nitrogens with zero attached hydrogens (tertiary/aromatic N) is 3. The number of carbonyl (C=O) groups excluding carboxylic acids is 1. The van der Waals surface area contributed by atoms with Crippen molar-refractivity contribution < 1.29 is 9.21 Å². The molecule has 1 aliphatic heterocycles. The van der Waals surface area contributed by atoms with Gasteiger partial charge in [0.15, 0.2) is 5.58 Å². The van der Waals surface area contributed by atoms with Crippen molar-refractivity contribution in [2.24, 2.45) is 5.92 Å². The minimum Gasteiger partial charge on any atom is -0.423 e. The second kappa shape index (κ2) is 7.24. The molecule has 0 atom stereocenters. The Morgan fingerprint density at radius 2 is 1.82 bits per heavy atom. The number of aromatic nitrogens is 2.